The fourth-order valence-electron chi connectivity index (χ4n) is 2.06. The topological polar surface area (TPSA) is 72.4 Å². The minimum absolute atomic E-state index is 0.0718. The molecule has 0 aromatic carbocycles. The molecule has 1 aliphatic rings. The second-order valence-corrected chi connectivity index (χ2v) is 5.95. The van der Waals surface area contributed by atoms with Crippen LogP contribution < -0.4 is 11.1 Å². The summed E-state index contributed by atoms with van der Waals surface area (Å²) in [5, 5.41) is 3.27. The molecule has 0 fully saturated rings. The normalized spacial score (nSPS) is 15.5. The van der Waals surface area contributed by atoms with E-state index < -0.39 is 5.54 Å². The molecule has 0 amide bonds. The fraction of sp³-hybridized carbons (Fsp3) is 0.455. The number of ketones is 1. The Morgan fingerprint density at radius 1 is 1.59 bits per heavy atom. The van der Waals surface area contributed by atoms with Crippen LogP contribution in [0.4, 0.5) is 0 Å². The summed E-state index contributed by atoms with van der Waals surface area (Å²) in [5.41, 5.74) is 6.75. The molecule has 0 radical (unpaired) electrons. The van der Waals surface area contributed by atoms with Crippen molar-refractivity contribution in [3.8, 4) is 0 Å². The molecule has 5 nitrogen and oxygen atoms in total. The second-order valence-electron chi connectivity index (χ2n) is 4.89. The molecule has 3 heterocycles. The molecule has 0 unspecified atom stereocenters. The predicted octanol–water partition coefficient (Wildman–Crippen LogP) is 0.919. The van der Waals surface area contributed by atoms with Gasteiger partial charge in [-0.05, 0) is 13.8 Å². The van der Waals surface area contributed by atoms with Gasteiger partial charge in [0.1, 0.15) is 5.69 Å². The summed E-state index contributed by atoms with van der Waals surface area (Å²) in [7, 11) is 0. The fourth-order valence-corrected chi connectivity index (χ4v) is 3.14. The van der Waals surface area contributed by atoms with E-state index in [1.165, 1.54) is 4.88 Å². The lowest BCUT2D eigenvalue weighted by atomic mass is 9.98. The number of carbonyl (C=O) groups is 1. The zero-order valence-electron chi connectivity index (χ0n) is 9.78. The maximum absolute atomic E-state index is 12.2. The highest BCUT2D eigenvalue weighted by molar-refractivity contribution is 7.17. The van der Waals surface area contributed by atoms with Crippen molar-refractivity contribution in [3.05, 3.63) is 22.5 Å². The first-order valence-electron chi connectivity index (χ1n) is 5.51. The molecule has 2 aromatic rings. The summed E-state index contributed by atoms with van der Waals surface area (Å²) in [6.07, 6.45) is 1.63. The lowest BCUT2D eigenvalue weighted by Gasteiger charge is -2.16. The molecular formula is C11H14N4OS. The molecule has 2 aromatic heterocycles. The maximum atomic E-state index is 12.2. The van der Waals surface area contributed by atoms with Crippen molar-refractivity contribution in [3.63, 3.8) is 0 Å². The summed E-state index contributed by atoms with van der Waals surface area (Å²) in [5.74, 6) is -0.0718. The van der Waals surface area contributed by atoms with Gasteiger partial charge in [-0.3, -0.25) is 9.20 Å². The number of nitrogens with one attached hydrogen (secondary N) is 1. The zero-order valence-corrected chi connectivity index (χ0v) is 10.6. The first-order valence-corrected chi connectivity index (χ1v) is 6.32. The molecule has 0 aliphatic carbocycles. The molecule has 17 heavy (non-hydrogen) atoms. The number of Topliss-reactive ketones (excluding diaryl/α,β-unsaturated/α-hetero) is 1. The number of nitrogens with zero attached hydrogens (tertiary/aromatic N) is 2. The first kappa shape index (κ1) is 10.9. The average Bonchev–Trinajstić information content (AvgIpc) is 2.84. The molecule has 0 spiro atoms. The van der Waals surface area contributed by atoms with E-state index in [1.54, 1.807) is 31.4 Å². The van der Waals surface area contributed by atoms with Crippen molar-refractivity contribution in [2.45, 2.75) is 32.5 Å². The standard InChI is InChI=1S/C11H14N4OS/c1-11(2,12)9(16)7-4-14-10-15(7)6-3-13-5-8(6)17-10/h4,13H,3,5,12H2,1-2H3. The van der Waals surface area contributed by atoms with Crippen LogP contribution in [-0.2, 0) is 13.1 Å². The van der Waals surface area contributed by atoms with E-state index in [2.05, 4.69) is 10.3 Å². The van der Waals surface area contributed by atoms with E-state index in [-0.39, 0.29) is 5.78 Å². The summed E-state index contributed by atoms with van der Waals surface area (Å²) in [6, 6.07) is 0. The van der Waals surface area contributed by atoms with Gasteiger partial charge in [-0.25, -0.2) is 4.98 Å². The SMILES string of the molecule is CC(C)(N)C(=O)c1cnc2sc3c(n12)CNC3. The van der Waals surface area contributed by atoms with E-state index >= 15 is 0 Å². The van der Waals surface area contributed by atoms with Gasteiger partial charge in [-0.2, -0.15) is 0 Å². The molecular weight excluding hydrogens is 236 g/mol. The average molecular weight is 250 g/mol. The van der Waals surface area contributed by atoms with Crippen molar-refractivity contribution in [1.29, 1.82) is 0 Å². The van der Waals surface area contributed by atoms with Crippen molar-refractivity contribution >= 4 is 22.1 Å². The van der Waals surface area contributed by atoms with Crippen LogP contribution in [0.15, 0.2) is 6.20 Å². The third-order valence-electron chi connectivity index (χ3n) is 2.93. The van der Waals surface area contributed by atoms with Crippen molar-refractivity contribution in [2.24, 2.45) is 5.73 Å². The quantitative estimate of drug-likeness (QED) is 0.777. The number of aromatic nitrogens is 2. The van der Waals surface area contributed by atoms with Gasteiger partial charge in [0.2, 0.25) is 0 Å². The maximum Gasteiger partial charge on any atom is 0.200 e. The minimum Gasteiger partial charge on any atom is -0.319 e. The third-order valence-corrected chi connectivity index (χ3v) is 4.03. The van der Waals surface area contributed by atoms with E-state index in [4.69, 9.17) is 5.73 Å². The number of nitrogens with two attached hydrogens (primary N) is 1. The Balaban J connectivity index is 2.21. The van der Waals surface area contributed by atoms with Crippen LogP contribution in [0.2, 0.25) is 0 Å². The largest absolute Gasteiger partial charge is 0.319 e. The van der Waals surface area contributed by atoms with Crippen LogP contribution >= 0.6 is 11.3 Å². The van der Waals surface area contributed by atoms with Gasteiger partial charge in [0.15, 0.2) is 10.7 Å². The van der Waals surface area contributed by atoms with Crippen LogP contribution in [0, 0.1) is 0 Å². The Morgan fingerprint density at radius 2 is 2.35 bits per heavy atom. The molecule has 0 atom stereocenters. The Kier molecular flexibility index (Phi) is 2.16. The third kappa shape index (κ3) is 1.52. The lowest BCUT2D eigenvalue weighted by molar-refractivity contribution is 0.0907. The Bertz CT molecular complexity index is 605. The van der Waals surface area contributed by atoms with Gasteiger partial charge in [0.05, 0.1) is 17.4 Å². The Morgan fingerprint density at radius 3 is 3.06 bits per heavy atom. The van der Waals surface area contributed by atoms with E-state index in [1.807, 2.05) is 4.40 Å². The molecule has 0 saturated heterocycles. The number of imidazole rings is 1. The smallest absolute Gasteiger partial charge is 0.200 e. The number of rotatable bonds is 2. The van der Waals surface area contributed by atoms with E-state index in [0.29, 0.717) is 5.69 Å². The first-order chi connectivity index (χ1) is 7.98. The molecule has 0 saturated carbocycles. The second kappa shape index (κ2) is 3.38. The van der Waals surface area contributed by atoms with Gasteiger partial charge >= 0.3 is 0 Å². The van der Waals surface area contributed by atoms with Crippen molar-refractivity contribution in [2.75, 3.05) is 0 Å². The summed E-state index contributed by atoms with van der Waals surface area (Å²) in [6.45, 7) is 5.10. The summed E-state index contributed by atoms with van der Waals surface area (Å²) < 4.78 is 1.94. The molecule has 3 N–H and O–H groups in total. The monoisotopic (exact) mass is 250 g/mol. The number of carbonyl (C=O) groups excluding carboxylic acids is 1. The molecule has 1 aliphatic heterocycles. The minimum atomic E-state index is -0.864. The number of hydrogen-bond acceptors (Lipinski definition) is 5. The Hall–Kier alpha value is -1.24. The molecule has 0 bridgehead atoms. The zero-order chi connectivity index (χ0) is 12.2. The summed E-state index contributed by atoms with van der Waals surface area (Å²) >= 11 is 1.63. The van der Waals surface area contributed by atoms with Gasteiger partial charge < -0.3 is 11.1 Å². The highest BCUT2D eigenvalue weighted by Crippen LogP contribution is 2.28. The van der Waals surface area contributed by atoms with Gasteiger partial charge in [-0.1, -0.05) is 11.3 Å². The summed E-state index contributed by atoms with van der Waals surface area (Å²) in [4.78, 5) is 18.7. The van der Waals surface area contributed by atoms with Gasteiger partial charge in [0, 0.05) is 18.0 Å². The highest BCUT2D eigenvalue weighted by Gasteiger charge is 2.29. The van der Waals surface area contributed by atoms with Gasteiger partial charge in [-0.15, -0.1) is 0 Å². The number of thiazole rings is 1. The van der Waals surface area contributed by atoms with Crippen LogP contribution in [0.1, 0.15) is 34.9 Å². The van der Waals surface area contributed by atoms with Crippen molar-refractivity contribution in [1.82, 2.24) is 14.7 Å². The van der Waals surface area contributed by atoms with Crippen molar-refractivity contribution < 1.29 is 4.79 Å². The van der Waals surface area contributed by atoms with Gasteiger partial charge in [0.25, 0.3) is 0 Å². The lowest BCUT2D eigenvalue weighted by Crippen LogP contribution is -2.42. The molecule has 6 heteroatoms. The van der Waals surface area contributed by atoms with E-state index in [9.17, 15) is 4.79 Å². The predicted molar refractivity (Wildman–Crippen MR) is 66.2 cm³/mol. The highest BCUT2D eigenvalue weighted by atomic mass is 32.1. The molecule has 3 rings (SSSR count). The Labute approximate surface area is 103 Å². The number of fused-ring (bicyclic) bond motifs is 3. The molecule has 90 valence electrons. The van der Waals surface area contributed by atoms with Crippen LogP contribution in [0.3, 0.4) is 0 Å². The van der Waals surface area contributed by atoms with Crippen LogP contribution in [0.25, 0.3) is 4.96 Å². The van der Waals surface area contributed by atoms with E-state index in [0.717, 1.165) is 23.7 Å². The number of hydrogen-bond donors (Lipinski definition) is 2. The van der Waals surface area contributed by atoms with Crippen LogP contribution in [-0.4, -0.2) is 20.7 Å². The van der Waals surface area contributed by atoms with Crippen LogP contribution in [0.5, 0.6) is 0 Å².